The van der Waals surface area contributed by atoms with Crippen molar-refractivity contribution < 1.29 is 9.59 Å². The Labute approximate surface area is 177 Å². The van der Waals surface area contributed by atoms with Gasteiger partial charge in [-0.3, -0.25) is 9.59 Å². The second-order valence-electron chi connectivity index (χ2n) is 9.09. The first kappa shape index (κ1) is 21.1. The molecule has 2 nitrogen and oxygen atoms in total. The Bertz CT molecular complexity index is 950. The molecule has 0 amide bonds. The summed E-state index contributed by atoms with van der Waals surface area (Å²) >= 11 is 3.49. The van der Waals surface area contributed by atoms with Gasteiger partial charge in [0.2, 0.25) is 0 Å². The molecule has 0 spiro atoms. The molecular formula is C22H26O2S2Si2. The van der Waals surface area contributed by atoms with E-state index in [-0.39, 0.29) is 0 Å². The van der Waals surface area contributed by atoms with Gasteiger partial charge in [-0.25, -0.2) is 0 Å². The maximum atomic E-state index is 11.9. The van der Waals surface area contributed by atoms with E-state index in [1.54, 1.807) is 22.7 Å². The van der Waals surface area contributed by atoms with E-state index in [4.69, 9.17) is 0 Å². The Balaban J connectivity index is 2.13. The van der Waals surface area contributed by atoms with Crippen molar-refractivity contribution in [2.75, 3.05) is 0 Å². The van der Waals surface area contributed by atoms with Crippen LogP contribution in [0.15, 0.2) is 36.4 Å². The Kier molecular flexibility index (Phi) is 5.78. The highest BCUT2D eigenvalue weighted by molar-refractivity contribution is 7.29. The molecule has 2 heterocycles. The zero-order valence-corrected chi connectivity index (χ0v) is 20.9. The molecule has 0 atom stereocenters. The molecule has 1 aromatic carbocycles. The largest absolute Gasteiger partial charge is 0.298 e. The molecule has 6 heteroatoms. The number of rotatable bonds is 6. The van der Waals surface area contributed by atoms with E-state index in [0.29, 0.717) is 11.1 Å². The fourth-order valence-corrected chi connectivity index (χ4v) is 8.89. The number of hydrogen-bond donors (Lipinski definition) is 0. The molecule has 146 valence electrons. The van der Waals surface area contributed by atoms with Crippen molar-refractivity contribution in [3.8, 4) is 20.9 Å². The maximum Gasteiger partial charge on any atom is 0.150 e. The third-order valence-corrected chi connectivity index (χ3v) is 14.1. The molecule has 0 radical (unpaired) electrons. The van der Waals surface area contributed by atoms with Gasteiger partial charge in [0.1, 0.15) is 0 Å². The van der Waals surface area contributed by atoms with Crippen molar-refractivity contribution in [3.63, 3.8) is 0 Å². The average molecular weight is 443 g/mol. The Morgan fingerprint density at radius 2 is 1.00 bits per heavy atom. The standard InChI is InChI=1S/C22H26O2S2Si2/c1-27(2,3)21-9-7-19(25-21)17-11-16(14-24)18(12-15(17)13-23)20-8-10-22(26-20)28(4,5)6/h7-14H,1-6H3. The summed E-state index contributed by atoms with van der Waals surface area (Å²) in [5.41, 5.74) is 3.01. The summed E-state index contributed by atoms with van der Waals surface area (Å²) in [6, 6.07) is 12.3. The molecule has 28 heavy (non-hydrogen) atoms. The van der Waals surface area contributed by atoms with Crippen LogP contribution in [0.25, 0.3) is 20.9 Å². The van der Waals surface area contributed by atoms with Gasteiger partial charge in [-0.15, -0.1) is 22.7 Å². The molecule has 0 fully saturated rings. The fraction of sp³-hybridized carbons (Fsp3) is 0.273. The van der Waals surface area contributed by atoms with E-state index in [1.165, 1.54) is 9.00 Å². The van der Waals surface area contributed by atoms with Crippen LogP contribution in [-0.4, -0.2) is 28.7 Å². The van der Waals surface area contributed by atoms with Crippen molar-refractivity contribution in [3.05, 3.63) is 47.5 Å². The lowest BCUT2D eigenvalue weighted by molar-refractivity contribution is 0.111. The molecule has 0 N–H and O–H groups in total. The zero-order valence-electron chi connectivity index (χ0n) is 17.3. The quantitative estimate of drug-likeness (QED) is 0.354. The zero-order chi connectivity index (χ0) is 20.7. The molecular weight excluding hydrogens is 417 g/mol. The predicted molar refractivity (Wildman–Crippen MR) is 130 cm³/mol. The number of hydrogen-bond acceptors (Lipinski definition) is 4. The Morgan fingerprint density at radius 1 is 0.643 bits per heavy atom. The minimum Gasteiger partial charge on any atom is -0.298 e. The van der Waals surface area contributed by atoms with E-state index in [2.05, 4.69) is 63.5 Å². The lowest BCUT2D eigenvalue weighted by Crippen LogP contribution is -2.34. The summed E-state index contributed by atoms with van der Waals surface area (Å²) in [5.74, 6) is 0. The van der Waals surface area contributed by atoms with Gasteiger partial charge < -0.3 is 0 Å². The van der Waals surface area contributed by atoms with Crippen LogP contribution < -0.4 is 9.00 Å². The van der Waals surface area contributed by atoms with Crippen molar-refractivity contribution in [2.45, 2.75) is 39.3 Å². The third-order valence-electron chi connectivity index (χ3n) is 4.70. The van der Waals surface area contributed by atoms with E-state index >= 15 is 0 Å². The van der Waals surface area contributed by atoms with Gasteiger partial charge >= 0.3 is 0 Å². The van der Waals surface area contributed by atoms with E-state index in [1.807, 2.05) is 12.1 Å². The molecule has 0 bridgehead atoms. The van der Waals surface area contributed by atoms with Crippen molar-refractivity contribution in [1.82, 2.24) is 0 Å². The van der Waals surface area contributed by atoms with Crippen molar-refractivity contribution in [2.24, 2.45) is 0 Å². The topological polar surface area (TPSA) is 34.1 Å². The first-order chi connectivity index (χ1) is 13.0. The molecule has 0 unspecified atom stereocenters. The van der Waals surface area contributed by atoms with E-state index < -0.39 is 16.1 Å². The van der Waals surface area contributed by atoms with Gasteiger partial charge in [0.25, 0.3) is 0 Å². The first-order valence-electron chi connectivity index (χ1n) is 9.34. The van der Waals surface area contributed by atoms with Gasteiger partial charge in [0.15, 0.2) is 12.6 Å². The maximum absolute atomic E-state index is 11.9. The van der Waals surface area contributed by atoms with Gasteiger partial charge in [-0.05, 0) is 33.3 Å². The molecule has 3 rings (SSSR count). The molecule has 0 saturated heterocycles. The molecule has 2 aromatic heterocycles. The van der Waals surface area contributed by atoms with Gasteiger partial charge in [0, 0.05) is 32.0 Å². The molecule has 0 aliphatic rings. The second-order valence-corrected chi connectivity index (χ2v) is 22.1. The van der Waals surface area contributed by atoms with Crippen LogP contribution in [0.5, 0.6) is 0 Å². The average Bonchev–Trinajstić information content (AvgIpc) is 3.29. The highest BCUT2D eigenvalue weighted by Gasteiger charge is 2.22. The fourth-order valence-electron chi connectivity index (χ4n) is 3.03. The molecule has 3 aromatic rings. The van der Waals surface area contributed by atoms with Crippen LogP contribution in [0.3, 0.4) is 0 Å². The number of benzene rings is 1. The monoisotopic (exact) mass is 442 g/mol. The SMILES string of the molecule is C[Si](C)(C)c1ccc(-c2cc(C=O)c(-c3ccc([Si](C)(C)C)s3)cc2C=O)s1. The Hall–Kier alpha value is -1.61. The van der Waals surface area contributed by atoms with Gasteiger partial charge in [0.05, 0.1) is 16.1 Å². The number of carbonyl (C=O) groups excluding carboxylic acids is 2. The number of thiophene rings is 2. The minimum atomic E-state index is -1.41. The van der Waals surface area contributed by atoms with Crippen molar-refractivity contribution >= 4 is 60.4 Å². The number of aldehydes is 2. The normalized spacial score (nSPS) is 12.2. The van der Waals surface area contributed by atoms with Crippen LogP contribution in [-0.2, 0) is 0 Å². The molecule has 0 saturated carbocycles. The lowest BCUT2D eigenvalue weighted by atomic mass is 9.97. The second kappa shape index (κ2) is 7.67. The van der Waals surface area contributed by atoms with Gasteiger partial charge in [-0.1, -0.05) is 51.4 Å². The van der Waals surface area contributed by atoms with Crippen LogP contribution in [0.4, 0.5) is 0 Å². The van der Waals surface area contributed by atoms with Gasteiger partial charge in [-0.2, -0.15) is 0 Å². The lowest BCUT2D eigenvalue weighted by Gasteiger charge is -2.13. The minimum absolute atomic E-state index is 0.646. The van der Waals surface area contributed by atoms with Crippen LogP contribution in [0.2, 0.25) is 39.3 Å². The van der Waals surface area contributed by atoms with Crippen LogP contribution in [0.1, 0.15) is 20.7 Å². The van der Waals surface area contributed by atoms with Crippen LogP contribution in [0, 0.1) is 0 Å². The first-order valence-corrected chi connectivity index (χ1v) is 18.0. The predicted octanol–water partition coefficient (Wildman–Crippen LogP) is 5.86. The Morgan fingerprint density at radius 3 is 1.25 bits per heavy atom. The summed E-state index contributed by atoms with van der Waals surface area (Å²) in [6.45, 7) is 13.9. The van der Waals surface area contributed by atoms with Crippen molar-refractivity contribution in [1.29, 1.82) is 0 Å². The molecule has 0 aliphatic carbocycles. The highest BCUT2D eigenvalue weighted by Crippen LogP contribution is 2.35. The summed E-state index contributed by atoms with van der Waals surface area (Å²) in [7, 11) is -2.81. The summed E-state index contributed by atoms with van der Waals surface area (Å²) in [4.78, 5) is 25.9. The van der Waals surface area contributed by atoms with E-state index in [9.17, 15) is 9.59 Å². The highest BCUT2D eigenvalue weighted by atomic mass is 32.1. The van der Waals surface area contributed by atoms with E-state index in [0.717, 1.165) is 33.5 Å². The third kappa shape index (κ3) is 4.20. The summed E-state index contributed by atoms with van der Waals surface area (Å²) in [5, 5.41) is 0. The van der Waals surface area contributed by atoms with Crippen LogP contribution >= 0.6 is 22.7 Å². The summed E-state index contributed by atoms with van der Waals surface area (Å²) in [6.07, 6.45) is 1.82. The number of carbonyl (C=O) groups is 2. The molecule has 0 aliphatic heterocycles. The summed E-state index contributed by atoms with van der Waals surface area (Å²) < 4.78 is 2.79. The smallest absolute Gasteiger partial charge is 0.150 e.